The minimum Gasteiger partial charge on any atom is -0.376 e. The molecule has 2 amide bonds. The molecule has 3 rings (SSSR count). The highest BCUT2D eigenvalue weighted by atomic mass is 35.5. The van der Waals surface area contributed by atoms with Crippen LogP contribution in [-0.2, 0) is 19.6 Å². The fourth-order valence-corrected chi connectivity index (χ4v) is 4.54. The van der Waals surface area contributed by atoms with Gasteiger partial charge in [-0.15, -0.1) is 0 Å². The number of nitrogens with one attached hydrogen (secondary N) is 2. The number of carbonyl (C=O) groups is 2. The van der Waals surface area contributed by atoms with Crippen molar-refractivity contribution in [1.29, 1.82) is 0 Å². The smallest absolute Gasteiger partial charge is 0.253 e. The average Bonchev–Trinajstić information content (AvgIpc) is 3.26. The Morgan fingerprint density at radius 2 is 1.94 bits per heavy atom. The summed E-state index contributed by atoms with van der Waals surface area (Å²) in [6, 6.07) is 11.4. The van der Waals surface area contributed by atoms with Gasteiger partial charge in [0.2, 0.25) is 15.9 Å². The molecular formula is C22H26ClN3O5S. The van der Waals surface area contributed by atoms with Crippen LogP contribution in [0, 0.1) is 6.92 Å². The third kappa shape index (κ3) is 5.99. The topological polar surface area (TPSA) is 105 Å². The van der Waals surface area contributed by atoms with E-state index in [1.54, 1.807) is 49.4 Å². The van der Waals surface area contributed by atoms with Gasteiger partial charge in [-0.3, -0.25) is 13.9 Å². The van der Waals surface area contributed by atoms with E-state index in [1.165, 1.54) is 0 Å². The molecule has 1 heterocycles. The van der Waals surface area contributed by atoms with Crippen LogP contribution in [-0.4, -0.2) is 52.3 Å². The molecule has 1 aliphatic rings. The molecule has 2 aromatic rings. The van der Waals surface area contributed by atoms with Crippen molar-refractivity contribution < 1.29 is 22.7 Å². The van der Waals surface area contributed by atoms with Crippen molar-refractivity contribution in [3.05, 3.63) is 58.6 Å². The van der Waals surface area contributed by atoms with E-state index in [-0.39, 0.29) is 17.6 Å². The molecule has 172 valence electrons. The highest BCUT2D eigenvalue weighted by molar-refractivity contribution is 7.92. The van der Waals surface area contributed by atoms with Crippen LogP contribution in [0.5, 0.6) is 0 Å². The first-order chi connectivity index (χ1) is 15.2. The number of amides is 2. The number of nitrogens with zero attached hydrogens (tertiary/aromatic N) is 1. The van der Waals surface area contributed by atoms with Gasteiger partial charge in [-0.25, -0.2) is 8.42 Å². The minimum atomic E-state index is -3.77. The van der Waals surface area contributed by atoms with Gasteiger partial charge in [0.1, 0.15) is 6.54 Å². The molecule has 32 heavy (non-hydrogen) atoms. The van der Waals surface area contributed by atoms with Crippen molar-refractivity contribution in [1.82, 2.24) is 5.32 Å². The Hall–Kier alpha value is -2.62. The normalized spacial score (nSPS) is 15.9. The number of hydrogen-bond donors (Lipinski definition) is 2. The zero-order valence-corrected chi connectivity index (χ0v) is 19.5. The van der Waals surface area contributed by atoms with Crippen molar-refractivity contribution in [2.75, 3.05) is 35.6 Å². The van der Waals surface area contributed by atoms with Gasteiger partial charge in [-0.1, -0.05) is 29.8 Å². The predicted molar refractivity (Wildman–Crippen MR) is 125 cm³/mol. The Kier molecular flexibility index (Phi) is 7.76. The molecule has 2 N–H and O–H groups in total. The first kappa shape index (κ1) is 24.0. The summed E-state index contributed by atoms with van der Waals surface area (Å²) in [6.07, 6.45) is 2.87. The Bertz CT molecular complexity index is 1100. The zero-order valence-electron chi connectivity index (χ0n) is 17.9. The molecule has 0 bridgehead atoms. The Morgan fingerprint density at radius 1 is 1.19 bits per heavy atom. The lowest BCUT2D eigenvalue weighted by atomic mass is 10.1. The number of anilines is 2. The van der Waals surface area contributed by atoms with Crippen molar-refractivity contribution in [3.8, 4) is 0 Å². The van der Waals surface area contributed by atoms with Crippen LogP contribution in [0.1, 0.15) is 28.8 Å². The summed E-state index contributed by atoms with van der Waals surface area (Å²) in [7, 11) is -3.77. The van der Waals surface area contributed by atoms with Crippen LogP contribution in [0.15, 0.2) is 42.5 Å². The van der Waals surface area contributed by atoms with Gasteiger partial charge in [0.25, 0.3) is 5.91 Å². The molecule has 0 aliphatic carbocycles. The van der Waals surface area contributed by atoms with Gasteiger partial charge >= 0.3 is 0 Å². The fraction of sp³-hybridized carbons (Fsp3) is 0.364. The lowest BCUT2D eigenvalue weighted by molar-refractivity contribution is -0.114. The van der Waals surface area contributed by atoms with E-state index in [0.717, 1.165) is 23.4 Å². The first-order valence-corrected chi connectivity index (χ1v) is 12.4. The molecule has 0 unspecified atom stereocenters. The average molecular weight is 480 g/mol. The van der Waals surface area contributed by atoms with Gasteiger partial charge in [0.05, 0.1) is 29.3 Å². The molecule has 1 fully saturated rings. The molecule has 1 aliphatic heterocycles. The van der Waals surface area contributed by atoms with E-state index in [1.807, 2.05) is 0 Å². The van der Waals surface area contributed by atoms with E-state index in [9.17, 15) is 18.0 Å². The molecule has 0 radical (unpaired) electrons. The predicted octanol–water partition coefficient (Wildman–Crippen LogP) is 2.96. The second-order valence-corrected chi connectivity index (χ2v) is 9.91. The maximum absolute atomic E-state index is 12.8. The van der Waals surface area contributed by atoms with Gasteiger partial charge in [-0.05, 0) is 49.6 Å². The number of halogens is 1. The summed E-state index contributed by atoms with van der Waals surface area (Å²) < 4.78 is 31.3. The summed E-state index contributed by atoms with van der Waals surface area (Å²) >= 11 is 6.13. The third-order valence-corrected chi connectivity index (χ3v) is 6.69. The van der Waals surface area contributed by atoms with Gasteiger partial charge in [0.15, 0.2) is 0 Å². The second kappa shape index (κ2) is 10.3. The van der Waals surface area contributed by atoms with E-state index in [2.05, 4.69) is 10.6 Å². The van der Waals surface area contributed by atoms with Crippen molar-refractivity contribution >= 4 is 44.8 Å². The van der Waals surface area contributed by atoms with Gasteiger partial charge in [-0.2, -0.15) is 0 Å². The SMILES string of the molecule is Cc1c(Cl)cccc1N(CC(=O)Nc1ccccc1C(=O)NC[C@H]1CCCO1)S(C)(=O)=O. The molecule has 2 aromatic carbocycles. The van der Waals surface area contributed by atoms with Crippen LogP contribution in [0.25, 0.3) is 0 Å². The molecule has 0 aromatic heterocycles. The van der Waals surface area contributed by atoms with Crippen LogP contribution in [0.3, 0.4) is 0 Å². The molecule has 1 saturated heterocycles. The summed E-state index contributed by atoms with van der Waals surface area (Å²) in [5.74, 6) is -0.934. The van der Waals surface area contributed by atoms with Crippen LogP contribution in [0.2, 0.25) is 5.02 Å². The highest BCUT2D eigenvalue weighted by Gasteiger charge is 2.24. The van der Waals surface area contributed by atoms with E-state index in [0.29, 0.717) is 35.1 Å². The fourth-order valence-electron chi connectivity index (χ4n) is 3.46. The van der Waals surface area contributed by atoms with Crippen LogP contribution >= 0.6 is 11.6 Å². The highest BCUT2D eigenvalue weighted by Crippen LogP contribution is 2.28. The van der Waals surface area contributed by atoms with Crippen LogP contribution in [0.4, 0.5) is 11.4 Å². The lowest BCUT2D eigenvalue weighted by Crippen LogP contribution is -2.38. The van der Waals surface area contributed by atoms with Crippen molar-refractivity contribution in [2.45, 2.75) is 25.9 Å². The monoisotopic (exact) mass is 479 g/mol. The van der Waals surface area contributed by atoms with Crippen molar-refractivity contribution in [3.63, 3.8) is 0 Å². The summed E-state index contributed by atoms with van der Waals surface area (Å²) in [4.78, 5) is 25.4. The van der Waals surface area contributed by atoms with Gasteiger partial charge in [0, 0.05) is 18.2 Å². The molecule has 0 spiro atoms. The second-order valence-electron chi connectivity index (χ2n) is 7.59. The molecule has 8 nitrogen and oxygen atoms in total. The maximum Gasteiger partial charge on any atom is 0.253 e. The summed E-state index contributed by atoms with van der Waals surface area (Å²) in [6.45, 7) is 2.29. The number of ether oxygens (including phenoxy) is 1. The quantitative estimate of drug-likeness (QED) is 0.605. The van der Waals surface area contributed by atoms with E-state index < -0.39 is 22.5 Å². The number of sulfonamides is 1. The Labute approximate surface area is 192 Å². The van der Waals surface area contributed by atoms with E-state index >= 15 is 0 Å². The number of para-hydroxylation sites is 1. The summed E-state index contributed by atoms with van der Waals surface area (Å²) in [5, 5.41) is 5.87. The van der Waals surface area contributed by atoms with Gasteiger partial charge < -0.3 is 15.4 Å². The molecule has 1 atom stereocenters. The Morgan fingerprint density at radius 3 is 2.62 bits per heavy atom. The van der Waals surface area contributed by atoms with Crippen molar-refractivity contribution in [2.24, 2.45) is 0 Å². The number of hydrogen-bond acceptors (Lipinski definition) is 5. The zero-order chi connectivity index (χ0) is 23.3. The lowest BCUT2D eigenvalue weighted by Gasteiger charge is -2.24. The van der Waals surface area contributed by atoms with E-state index in [4.69, 9.17) is 16.3 Å². The minimum absolute atomic E-state index is 0.00930. The number of carbonyl (C=O) groups excluding carboxylic acids is 2. The third-order valence-electron chi connectivity index (χ3n) is 5.16. The first-order valence-electron chi connectivity index (χ1n) is 10.2. The number of benzene rings is 2. The molecular weight excluding hydrogens is 454 g/mol. The summed E-state index contributed by atoms with van der Waals surface area (Å²) in [5.41, 5.74) is 1.43. The largest absolute Gasteiger partial charge is 0.376 e. The molecule has 0 saturated carbocycles. The molecule has 10 heteroatoms. The van der Waals surface area contributed by atoms with Crippen LogP contribution < -0.4 is 14.9 Å². The standard InChI is InChI=1S/C22H26ClN3O5S/c1-15-18(23)9-5-11-20(15)26(32(2,29)30)14-21(27)25-19-10-4-3-8-17(19)22(28)24-13-16-7-6-12-31-16/h3-5,8-11,16H,6-7,12-14H2,1-2H3,(H,24,28)(H,25,27)/t16-/m1/s1. The maximum atomic E-state index is 12.8. The Balaban J connectivity index is 1.74. The number of rotatable bonds is 8.